The molecule has 0 aliphatic heterocycles. The standard InChI is InChI=1S/C13H25NO/c1-5-8-11(6-2)14(4)12(15)13(3)9-7-10-13/h11H,5-10H2,1-4H3. The van der Waals surface area contributed by atoms with Crippen molar-refractivity contribution in [2.24, 2.45) is 5.41 Å². The van der Waals surface area contributed by atoms with Gasteiger partial charge in [-0.05, 0) is 25.7 Å². The first kappa shape index (κ1) is 12.5. The van der Waals surface area contributed by atoms with Crippen LogP contribution in [0.15, 0.2) is 0 Å². The van der Waals surface area contributed by atoms with Crippen LogP contribution in [0.1, 0.15) is 59.3 Å². The molecule has 0 aromatic carbocycles. The number of nitrogens with zero attached hydrogens (tertiary/aromatic N) is 1. The molecule has 1 unspecified atom stereocenters. The topological polar surface area (TPSA) is 20.3 Å². The molecule has 0 heterocycles. The SMILES string of the molecule is CCCC(CC)N(C)C(=O)C1(C)CCC1. The highest BCUT2D eigenvalue weighted by atomic mass is 16.2. The molecule has 0 radical (unpaired) electrons. The fraction of sp³-hybridized carbons (Fsp3) is 0.923. The predicted molar refractivity (Wildman–Crippen MR) is 63.7 cm³/mol. The number of carbonyl (C=O) groups excluding carboxylic acids is 1. The second-order valence-electron chi connectivity index (χ2n) is 5.18. The van der Waals surface area contributed by atoms with E-state index in [2.05, 4.69) is 20.8 Å². The van der Waals surface area contributed by atoms with Crippen LogP contribution in [-0.2, 0) is 4.79 Å². The molecule has 0 bridgehead atoms. The second kappa shape index (κ2) is 5.00. The summed E-state index contributed by atoms with van der Waals surface area (Å²) >= 11 is 0. The Kier molecular flexibility index (Phi) is 4.18. The van der Waals surface area contributed by atoms with Gasteiger partial charge in [-0.1, -0.05) is 33.6 Å². The van der Waals surface area contributed by atoms with E-state index in [0.29, 0.717) is 11.9 Å². The first-order valence-electron chi connectivity index (χ1n) is 6.32. The molecule has 1 aliphatic carbocycles. The van der Waals surface area contributed by atoms with Crippen molar-refractivity contribution >= 4 is 5.91 Å². The molecule has 2 nitrogen and oxygen atoms in total. The molecule has 1 fully saturated rings. The summed E-state index contributed by atoms with van der Waals surface area (Å²) in [5, 5.41) is 0. The molecule has 0 aromatic heterocycles. The number of amides is 1. The summed E-state index contributed by atoms with van der Waals surface area (Å²) in [7, 11) is 1.98. The largest absolute Gasteiger partial charge is 0.342 e. The summed E-state index contributed by atoms with van der Waals surface area (Å²) < 4.78 is 0. The zero-order valence-electron chi connectivity index (χ0n) is 10.7. The third kappa shape index (κ3) is 2.53. The van der Waals surface area contributed by atoms with Crippen LogP contribution in [0.3, 0.4) is 0 Å². The highest BCUT2D eigenvalue weighted by Crippen LogP contribution is 2.42. The molecule has 88 valence electrons. The van der Waals surface area contributed by atoms with Crippen molar-refractivity contribution in [1.82, 2.24) is 4.90 Å². The number of hydrogen-bond donors (Lipinski definition) is 0. The summed E-state index contributed by atoms with van der Waals surface area (Å²) in [4.78, 5) is 14.3. The minimum atomic E-state index is -0.0318. The van der Waals surface area contributed by atoms with Crippen LogP contribution in [0.4, 0.5) is 0 Å². The smallest absolute Gasteiger partial charge is 0.228 e. The lowest BCUT2D eigenvalue weighted by Gasteiger charge is -2.42. The van der Waals surface area contributed by atoms with Gasteiger partial charge in [-0.2, -0.15) is 0 Å². The molecule has 1 atom stereocenters. The Balaban J connectivity index is 2.57. The van der Waals surface area contributed by atoms with Crippen molar-refractivity contribution in [1.29, 1.82) is 0 Å². The normalized spacial score (nSPS) is 20.5. The molecule has 1 aliphatic rings. The van der Waals surface area contributed by atoms with E-state index in [9.17, 15) is 4.79 Å². The van der Waals surface area contributed by atoms with E-state index >= 15 is 0 Å². The monoisotopic (exact) mass is 211 g/mol. The summed E-state index contributed by atoms with van der Waals surface area (Å²) in [5.74, 6) is 0.369. The van der Waals surface area contributed by atoms with Gasteiger partial charge in [0.05, 0.1) is 0 Å². The van der Waals surface area contributed by atoms with Gasteiger partial charge in [0.15, 0.2) is 0 Å². The van der Waals surface area contributed by atoms with E-state index in [1.165, 1.54) is 6.42 Å². The average molecular weight is 211 g/mol. The van der Waals surface area contributed by atoms with Gasteiger partial charge in [-0.3, -0.25) is 4.79 Å². The lowest BCUT2D eigenvalue weighted by atomic mass is 9.69. The molecule has 0 aromatic rings. The minimum Gasteiger partial charge on any atom is -0.342 e. The Hall–Kier alpha value is -0.530. The zero-order valence-corrected chi connectivity index (χ0v) is 10.7. The number of hydrogen-bond acceptors (Lipinski definition) is 1. The van der Waals surface area contributed by atoms with E-state index in [1.807, 2.05) is 11.9 Å². The van der Waals surface area contributed by atoms with Gasteiger partial charge in [0.2, 0.25) is 5.91 Å². The van der Waals surface area contributed by atoms with Gasteiger partial charge in [0.25, 0.3) is 0 Å². The quantitative estimate of drug-likeness (QED) is 0.684. The molecule has 1 saturated carbocycles. The lowest BCUT2D eigenvalue weighted by Crippen LogP contribution is -2.48. The third-order valence-corrected chi connectivity index (χ3v) is 3.93. The van der Waals surface area contributed by atoms with Crippen molar-refractivity contribution in [2.75, 3.05) is 7.05 Å². The number of carbonyl (C=O) groups is 1. The molecule has 0 saturated heterocycles. The van der Waals surface area contributed by atoms with Crippen molar-refractivity contribution < 1.29 is 4.79 Å². The predicted octanol–water partition coefficient (Wildman–Crippen LogP) is 3.21. The lowest BCUT2D eigenvalue weighted by molar-refractivity contribution is -0.147. The fourth-order valence-corrected chi connectivity index (χ4v) is 2.52. The molecule has 0 spiro atoms. The van der Waals surface area contributed by atoms with Gasteiger partial charge >= 0.3 is 0 Å². The van der Waals surface area contributed by atoms with Gasteiger partial charge in [0.1, 0.15) is 0 Å². The maximum atomic E-state index is 12.2. The Labute approximate surface area is 94.0 Å². The molecular weight excluding hydrogens is 186 g/mol. The Morgan fingerprint density at radius 3 is 2.33 bits per heavy atom. The molecule has 2 heteroatoms. The molecule has 1 amide bonds. The molecular formula is C13H25NO. The number of rotatable bonds is 5. The first-order valence-corrected chi connectivity index (χ1v) is 6.32. The maximum Gasteiger partial charge on any atom is 0.228 e. The Morgan fingerprint density at radius 1 is 1.40 bits per heavy atom. The summed E-state index contributed by atoms with van der Waals surface area (Å²) in [6, 6.07) is 0.444. The van der Waals surface area contributed by atoms with Gasteiger partial charge < -0.3 is 4.90 Å². The summed E-state index contributed by atoms with van der Waals surface area (Å²) in [6.07, 6.45) is 6.76. The van der Waals surface area contributed by atoms with E-state index in [4.69, 9.17) is 0 Å². The minimum absolute atomic E-state index is 0.0318. The van der Waals surface area contributed by atoms with Crippen LogP contribution in [0.25, 0.3) is 0 Å². The van der Waals surface area contributed by atoms with Gasteiger partial charge in [0, 0.05) is 18.5 Å². The highest BCUT2D eigenvalue weighted by Gasteiger charge is 2.41. The second-order valence-corrected chi connectivity index (χ2v) is 5.18. The van der Waals surface area contributed by atoms with Crippen LogP contribution < -0.4 is 0 Å². The van der Waals surface area contributed by atoms with E-state index in [1.54, 1.807) is 0 Å². The van der Waals surface area contributed by atoms with Gasteiger partial charge in [-0.15, -0.1) is 0 Å². The van der Waals surface area contributed by atoms with E-state index in [0.717, 1.165) is 32.1 Å². The first-order chi connectivity index (χ1) is 7.05. The van der Waals surface area contributed by atoms with Crippen molar-refractivity contribution in [3.63, 3.8) is 0 Å². The van der Waals surface area contributed by atoms with Gasteiger partial charge in [-0.25, -0.2) is 0 Å². The van der Waals surface area contributed by atoms with Crippen molar-refractivity contribution in [3.05, 3.63) is 0 Å². The summed E-state index contributed by atoms with van der Waals surface area (Å²) in [5.41, 5.74) is -0.0318. The zero-order chi connectivity index (χ0) is 11.5. The van der Waals surface area contributed by atoms with Crippen molar-refractivity contribution in [3.8, 4) is 0 Å². The Morgan fingerprint density at radius 2 is 2.00 bits per heavy atom. The van der Waals surface area contributed by atoms with Crippen LogP contribution >= 0.6 is 0 Å². The molecule has 0 N–H and O–H groups in total. The average Bonchev–Trinajstić information content (AvgIpc) is 2.20. The summed E-state index contributed by atoms with van der Waals surface area (Å²) in [6.45, 7) is 6.48. The highest BCUT2D eigenvalue weighted by molar-refractivity contribution is 5.83. The van der Waals surface area contributed by atoms with Crippen molar-refractivity contribution in [2.45, 2.75) is 65.3 Å². The third-order valence-electron chi connectivity index (χ3n) is 3.93. The Bertz CT molecular complexity index is 221. The van der Waals surface area contributed by atoms with Crippen LogP contribution in [0.2, 0.25) is 0 Å². The molecule has 1 rings (SSSR count). The van der Waals surface area contributed by atoms with Crippen LogP contribution in [-0.4, -0.2) is 23.9 Å². The fourth-order valence-electron chi connectivity index (χ4n) is 2.52. The maximum absolute atomic E-state index is 12.2. The van der Waals surface area contributed by atoms with E-state index < -0.39 is 0 Å². The van der Waals surface area contributed by atoms with E-state index in [-0.39, 0.29) is 5.41 Å². The van der Waals surface area contributed by atoms with Crippen LogP contribution in [0.5, 0.6) is 0 Å². The molecule has 15 heavy (non-hydrogen) atoms. The van der Waals surface area contributed by atoms with Crippen LogP contribution in [0, 0.1) is 5.41 Å².